The summed E-state index contributed by atoms with van der Waals surface area (Å²) in [6.07, 6.45) is 5.39. The molecule has 1 saturated heterocycles. The minimum absolute atomic E-state index is 0.0213. The van der Waals surface area contributed by atoms with E-state index < -0.39 is 18.1 Å². The molecule has 2 atom stereocenters. The number of rotatable bonds is 3. The Morgan fingerprint density at radius 3 is 3.05 bits per heavy atom. The van der Waals surface area contributed by atoms with Gasteiger partial charge in [-0.2, -0.15) is 0 Å². The summed E-state index contributed by atoms with van der Waals surface area (Å²) in [5, 5.41) is 2.59. The van der Waals surface area contributed by atoms with Gasteiger partial charge < -0.3 is 14.6 Å². The number of ether oxygens (including phenoxy) is 1. The number of aromatic nitrogens is 3. The Labute approximate surface area is 114 Å². The molecule has 1 amide bonds. The minimum Gasteiger partial charge on any atom is -0.376 e. The third-order valence-corrected chi connectivity index (χ3v) is 3.11. The third kappa shape index (κ3) is 2.53. The largest absolute Gasteiger partial charge is 0.376 e. The zero-order valence-electron chi connectivity index (χ0n) is 10.6. The number of alkyl halides is 1. The van der Waals surface area contributed by atoms with E-state index >= 15 is 0 Å². The molecule has 0 aliphatic carbocycles. The lowest BCUT2D eigenvalue weighted by atomic mass is 10.2. The molecule has 1 N–H and O–H groups in total. The summed E-state index contributed by atoms with van der Waals surface area (Å²) in [7, 11) is 0. The van der Waals surface area contributed by atoms with E-state index in [1.54, 1.807) is 35.4 Å². The molecule has 0 saturated carbocycles. The first-order valence-electron chi connectivity index (χ1n) is 6.21. The first-order valence-corrected chi connectivity index (χ1v) is 6.21. The highest BCUT2D eigenvalue weighted by molar-refractivity contribution is 5.93. The lowest BCUT2D eigenvalue weighted by Gasteiger charge is -2.13. The topological polar surface area (TPSA) is 69.0 Å². The number of pyridine rings is 1. The molecule has 2 unspecified atom stereocenters. The monoisotopic (exact) mass is 276 g/mol. The van der Waals surface area contributed by atoms with Crippen molar-refractivity contribution >= 4 is 5.91 Å². The molecule has 20 heavy (non-hydrogen) atoms. The van der Waals surface area contributed by atoms with Gasteiger partial charge in [-0.25, -0.2) is 9.37 Å². The molecule has 0 radical (unpaired) electrons. The van der Waals surface area contributed by atoms with Crippen LogP contribution >= 0.6 is 0 Å². The molecule has 0 spiro atoms. The van der Waals surface area contributed by atoms with Crippen molar-refractivity contribution in [2.75, 3.05) is 13.2 Å². The summed E-state index contributed by atoms with van der Waals surface area (Å²) in [5.41, 5.74) is 0.998. The number of nitrogens with one attached hydrogen (secondary N) is 1. The van der Waals surface area contributed by atoms with Crippen molar-refractivity contribution in [2.45, 2.75) is 12.2 Å². The third-order valence-electron chi connectivity index (χ3n) is 3.11. The maximum Gasteiger partial charge on any atom is 0.270 e. The van der Waals surface area contributed by atoms with Crippen LogP contribution in [-0.4, -0.2) is 45.9 Å². The number of imidazole rings is 1. The van der Waals surface area contributed by atoms with Crippen LogP contribution in [0.2, 0.25) is 0 Å². The van der Waals surface area contributed by atoms with Crippen LogP contribution in [0.5, 0.6) is 0 Å². The first kappa shape index (κ1) is 12.7. The van der Waals surface area contributed by atoms with E-state index in [4.69, 9.17) is 4.74 Å². The standard InChI is InChI=1S/C13H13FN4O2/c14-10-6-20-7-12(10)17-13(19)11-5-9(1-2-16-11)18-4-3-15-8-18/h1-5,8,10,12H,6-7H2,(H,17,19). The van der Waals surface area contributed by atoms with E-state index in [1.165, 1.54) is 6.20 Å². The average Bonchev–Trinajstić information content (AvgIpc) is 3.12. The average molecular weight is 276 g/mol. The Balaban J connectivity index is 1.76. The van der Waals surface area contributed by atoms with Gasteiger partial charge >= 0.3 is 0 Å². The molecule has 3 heterocycles. The smallest absolute Gasteiger partial charge is 0.270 e. The summed E-state index contributed by atoms with van der Waals surface area (Å²) in [6.45, 7) is 0.210. The predicted molar refractivity (Wildman–Crippen MR) is 68.3 cm³/mol. The molecular weight excluding hydrogens is 263 g/mol. The Morgan fingerprint density at radius 1 is 1.45 bits per heavy atom. The molecule has 6 nitrogen and oxygen atoms in total. The van der Waals surface area contributed by atoms with E-state index in [0.29, 0.717) is 0 Å². The van der Waals surface area contributed by atoms with Crippen molar-refractivity contribution in [3.05, 3.63) is 42.7 Å². The summed E-state index contributed by atoms with van der Waals surface area (Å²) in [5.74, 6) is -0.412. The van der Waals surface area contributed by atoms with Gasteiger partial charge in [0.2, 0.25) is 0 Å². The molecule has 1 aliphatic rings. The number of carbonyl (C=O) groups is 1. The van der Waals surface area contributed by atoms with Gasteiger partial charge in [-0.15, -0.1) is 0 Å². The second-order valence-corrected chi connectivity index (χ2v) is 4.50. The van der Waals surface area contributed by atoms with Gasteiger partial charge in [0.05, 0.1) is 31.3 Å². The number of carbonyl (C=O) groups excluding carboxylic acids is 1. The van der Waals surface area contributed by atoms with Crippen LogP contribution in [-0.2, 0) is 4.74 Å². The number of halogens is 1. The van der Waals surface area contributed by atoms with Gasteiger partial charge in [0.25, 0.3) is 5.91 Å². The molecule has 7 heteroatoms. The Morgan fingerprint density at radius 2 is 2.35 bits per heavy atom. The maximum atomic E-state index is 13.4. The zero-order valence-corrected chi connectivity index (χ0v) is 10.6. The zero-order chi connectivity index (χ0) is 13.9. The number of nitrogens with zero attached hydrogens (tertiary/aromatic N) is 3. The van der Waals surface area contributed by atoms with Crippen LogP contribution in [0.25, 0.3) is 5.69 Å². The molecule has 3 rings (SSSR count). The molecular formula is C13H13FN4O2. The highest BCUT2D eigenvalue weighted by Gasteiger charge is 2.29. The SMILES string of the molecule is O=C(NC1COCC1F)c1cc(-n2ccnc2)ccn1. The van der Waals surface area contributed by atoms with E-state index in [2.05, 4.69) is 15.3 Å². The first-order chi connectivity index (χ1) is 9.74. The van der Waals surface area contributed by atoms with Crippen LogP contribution in [0, 0.1) is 0 Å². The van der Waals surface area contributed by atoms with Gasteiger partial charge in [-0.3, -0.25) is 9.78 Å². The second-order valence-electron chi connectivity index (χ2n) is 4.50. The maximum absolute atomic E-state index is 13.4. The van der Waals surface area contributed by atoms with Crippen molar-refractivity contribution in [2.24, 2.45) is 0 Å². The number of amides is 1. The fraction of sp³-hybridized carbons (Fsp3) is 0.308. The van der Waals surface area contributed by atoms with Crippen molar-refractivity contribution in [3.8, 4) is 5.69 Å². The van der Waals surface area contributed by atoms with Crippen molar-refractivity contribution < 1.29 is 13.9 Å². The van der Waals surface area contributed by atoms with Crippen LogP contribution in [0.15, 0.2) is 37.1 Å². The van der Waals surface area contributed by atoms with E-state index in [-0.39, 0.29) is 18.9 Å². The highest BCUT2D eigenvalue weighted by atomic mass is 19.1. The van der Waals surface area contributed by atoms with Gasteiger partial charge in [-0.1, -0.05) is 0 Å². The van der Waals surface area contributed by atoms with Crippen LogP contribution in [0.4, 0.5) is 4.39 Å². The molecule has 104 valence electrons. The lowest BCUT2D eigenvalue weighted by molar-refractivity contribution is 0.0915. The fourth-order valence-electron chi connectivity index (χ4n) is 2.02. The van der Waals surface area contributed by atoms with E-state index in [9.17, 15) is 9.18 Å². The van der Waals surface area contributed by atoms with Gasteiger partial charge in [0.15, 0.2) is 0 Å². The predicted octanol–water partition coefficient (Wildman–Crippen LogP) is 0.734. The number of hydrogen-bond acceptors (Lipinski definition) is 4. The molecule has 2 aromatic rings. The van der Waals surface area contributed by atoms with Crippen molar-refractivity contribution in [3.63, 3.8) is 0 Å². The fourth-order valence-corrected chi connectivity index (χ4v) is 2.02. The Kier molecular flexibility index (Phi) is 3.42. The van der Waals surface area contributed by atoms with Gasteiger partial charge in [0.1, 0.15) is 11.9 Å². The van der Waals surface area contributed by atoms with Crippen molar-refractivity contribution in [1.29, 1.82) is 0 Å². The molecule has 1 fully saturated rings. The molecule has 0 bridgehead atoms. The van der Waals surface area contributed by atoms with Crippen LogP contribution < -0.4 is 5.32 Å². The normalized spacial score (nSPS) is 21.9. The summed E-state index contributed by atoms with van der Waals surface area (Å²) in [6, 6.07) is 2.77. The van der Waals surface area contributed by atoms with Gasteiger partial charge in [0, 0.05) is 18.6 Å². The van der Waals surface area contributed by atoms with Crippen molar-refractivity contribution in [1.82, 2.24) is 19.9 Å². The molecule has 1 aliphatic heterocycles. The lowest BCUT2D eigenvalue weighted by Crippen LogP contribution is -2.41. The number of hydrogen-bond donors (Lipinski definition) is 1. The molecule has 0 aromatic carbocycles. The van der Waals surface area contributed by atoms with E-state index in [0.717, 1.165) is 5.69 Å². The Bertz CT molecular complexity index is 602. The van der Waals surface area contributed by atoms with Crippen LogP contribution in [0.1, 0.15) is 10.5 Å². The minimum atomic E-state index is -1.17. The highest BCUT2D eigenvalue weighted by Crippen LogP contribution is 2.11. The quantitative estimate of drug-likeness (QED) is 0.897. The Hall–Kier alpha value is -2.28. The van der Waals surface area contributed by atoms with Gasteiger partial charge in [-0.05, 0) is 12.1 Å². The second kappa shape index (κ2) is 5.38. The summed E-state index contributed by atoms with van der Waals surface area (Å²) in [4.78, 5) is 20.0. The summed E-state index contributed by atoms with van der Waals surface area (Å²) < 4.78 is 20.1. The summed E-state index contributed by atoms with van der Waals surface area (Å²) >= 11 is 0. The van der Waals surface area contributed by atoms with E-state index in [1.807, 2.05) is 0 Å². The van der Waals surface area contributed by atoms with Crippen LogP contribution in [0.3, 0.4) is 0 Å². The molecule has 2 aromatic heterocycles.